The average Bonchev–Trinajstić information content (AvgIpc) is 3.14. The summed E-state index contributed by atoms with van der Waals surface area (Å²) in [4.78, 5) is 5.25. The summed E-state index contributed by atoms with van der Waals surface area (Å²) in [6.07, 6.45) is 8.41. The van der Waals surface area contributed by atoms with E-state index in [9.17, 15) is 0 Å². The molecule has 2 aliphatic heterocycles. The molecular formula is C14H27N3. The predicted molar refractivity (Wildman–Crippen MR) is 71.3 cm³/mol. The molecule has 3 fully saturated rings. The molecule has 1 atom stereocenters. The zero-order valence-electron chi connectivity index (χ0n) is 11.2. The third-order valence-corrected chi connectivity index (χ3v) is 4.71. The first-order chi connectivity index (χ1) is 8.31. The van der Waals surface area contributed by atoms with Gasteiger partial charge < -0.3 is 10.2 Å². The van der Waals surface area contributed by atoms with Gasteiger partial charge in [0, 0.05) is 24.7 Å². The van der Waals surface area contributed by atoms with Crippen LogP contribution in [0.25, 0.3) is 0 Å². The Kier molecular flexibility index (Phi) is 3.69. The van der Waals surface area contributed by atoms with Crippen LogP contribution >= 0.6 is 0 Å². The Balaban J connectivity index is 1.48. The monoisotopic (exact) mass is 237 g/mol. The van der Waals surface area contributed by atoms with Gasteiger partial charge in [-0.15, -0.1) is 0 Å². The molecule has 17 heavy (non-hydrogen) atoms. The van der Waals surface area contributed by atoms with E-state index in [1.54, 1.807) is 0 Å². The molecule has 2 saturated heterocycles. The highest BCUT2D eigenvalue weighted by molar-refractivity contribution is 4.90. The van der Waals surface area contributed by atoms with E-state index in [2.05, 4.69) is 22.2 Å². The van der Waals surface area contributed by atoms with E-state index in [4.69, 9.17) is 0 Å². The summed E-state index contributed by atoms with van der Waals surface area (Å²) in [5.41, 5.74) is 0. The third kappa shape index (κ3) is 3.21. The highest BCUT2D eigenvalue weighted by Gasteiger charge is 2.31. The topological polar surface area (TPSA) is 18.5 Å². The molecule has 0 radical (unpaired) electrons. The van der Waals surface area contributed by atoms with Crippen LogP contribution in [-0.4, -0.2) is 61.2 Å². The van der Waals surface area contributed by atoms with E-state index < -0.39 is 0 Å². The Labute approximate surface area is 106 Å². The lowest BCUT2D eigenvalue weighted by atomic mass is 9.98. The Morgan fingerprint density at radius 2 is 1.65 bits per heavy atom. The fourth-order valence-electron chi connectivity index (χ4n) is 3.42. The van der Waals surface area contributed by atoms with Crippen molar-refractivity contribution in [2.75, 3.05) is 33.2 Å². The average molecular weight is 237 g/mol. The van der Waals surface area contributed by atoms with E-state index in [1.165, 1.54) is 64.7 Å². The normalized spacial score (nSPS) is 34.1. The predicted octanol–water partition coefficient (Wildman–Crippen LogP) is 1.30. The fourth-order valence-corrected chi connectivity index (χ4v) is 3.42. The number of rotatable bonds is 3. The molecule has 0 aromatic heterocycles. The minimum absolute atomic E-state index is 0.788. The summed E-state index contributed by atoms with van der Waals surface area (Å²) in [5, 5.41) is 3.82. The van der Waals surface area contributed by atoms with Crippen LogP contribution in [-0.2, 0) is 0 Å². The van der Waals surface area contributed by atoms with Gasteiger partial charge >= 0.3 is 0 Å². The molecule has 0 spiro atoms. The molecule has 0 aromatic rings. The standard InChI is InChI=1S/C14H27N3/c1-16-9-6-14(7-10-16)17-8-2-3-13(11-17)15-12-4-5-12/h12-15H,2-11H2,1H3. The second-order valence-corrected chi connectivity index (χ2v) is 6.31. The lowest BCUT2D eigenvalue weighted by Gasteiger charge is -2.42. The van der Waals surface area contributed by atoms with E-state index in [0.29, 0.717) is 0 Å². The first kappa shape index (κ1) is 11.9. The van der Waals surface area contributed by atoms with Crippen molar-refractivity contribution in [2.45, 2.75) is 56.7 Å². The first-order valence-electron chi connectivity index (χ1n) is 7.50. The molecule has 3 heteroatoms. The van der Waals surface area contributed by atoms with Crippen molar-refractivity contribution < 1.29 is 0 Å². The van der Waals surface area contributed by atoms with Crippen LogP contribution in [0.1, 0.15) is 38.5 Å². The lowest BCUT2D eigenvalue weighted by molar-refractivity contribution is 0.0877. The Hall–Kier alpha value is -0.120. The van der Waals surface area contributed by atoms with Crippen molar-refractivity contribution in [1.82, 2.24) is 15.1 Å². The summed E-state index contributed by atoms with van der Waals surface area (Å²) >= 11 is 0. The lowest BCUT2D eigenvalue weighted by Crippen LogP contribution is -2.52. The van der Waals surface area contributed by atoms with Gasteiger partial charge in [-0.05, 0) is 65.2 Å². The van der Waals surface area contributed by atoms with Crippen LogP contribution in [0.2, 0.25) is 0 Å². The molecule has 1 N–H and O–H groups in total. The minimum atomic E-state index is 0.788. The SMILES string of the molecule is CN1CCC(N2CCCC(NC3CC3)C2)CC1. The molecule has 3 nitrogen and oxygen atoms in total. The van der Waals surface area contributed by atoms with Gasteiger partial charge in [-0.3, -0.25) is 4.90 Å². The molecule has 98 valence electrons. The van der Waals surface area contributed by atoms with Crippen molar-refractivity contribution in [3.05, 3.63) is 0 Å². The van der Waals surface area contributed by atoms with E-state index in [-0.39, 0.29) is 0 Å². The van der Waals surface area contributed by atoms with Crippen molar-refractivity contribution >= 4 is 0 Å². The van der Waals surface area contributed by atoms with Gasteiger partial charge in [-0.2, -0.15) is 0 Å². The summed E-state index contributed by atoms with van der Waals surface area (Å²) in [6, 6.07) is 2.53. The van der Waals surface area contributed by atoms with Gasteiger partial charge in [0.25, 0.3) is 0 Å². The first-order valence-corrected chi connectivity index (χ1v) is 7.50. The number of nitrogens with one attached hydrogen (secondary N) is 1. The van der Waals surface area contributed by atoms with Crippen LogP contribution in [0.15, 0.2) is 0 Å². The van der Waals surface area contributed by atoms with E-state index >= 15 is 0 Å². The van der Waals surface area contributed by atoms with Gasteiger partial charge in [0.1, 0.15) is 0 Å². The highest BCUT2D eigenvalue weighted by Crippen LogP contribution is 2.24. The van der Waals surface area contributed by atoms with E-state index in [1.807, 2.05) is 0 Å². The molecule has 1 saturated carbocycles. The second kappa shape index (κ2) is 5.25. The van der Waals surface area contributed by atoms with Gasteiger partial charge in [0.05, 0.1) is 0 Å². The molecule has 2 heterocycles. The number of likely N-dealkylation sites (tertiary alicyclic amines) is 2. The van der Waals surface area contributed by atoms with Crippen LogP contribution in [0.4, 0.5) is 0 Å². The van der Waals surface area contributed by atoms with Crippen LogP contribution in [0, 0.1) is 0 Å². The highest BCUT2D eigenvalue weighted by atomic mass is 15.2. The van der Waals surface area contributed by atoms with Crippen molar-refractivity contribution in [1.29, 1.82) is 0 Å². The Morgan fingerprint density at radius 3 is 2.35 bits per heavy atom. The van der Waals surface area contributed by atoms with Crippen LogP contribution < -0.4 is 5.32 Å². The zero-order chi connectivity index (χ0) is 11.7. The largest absolute Gasteiger partial charge is 0.310 e. The van der Waals surface area contributed by atoms with Crippen LogP contribution in [0.5, 0.6) is 0 Å². The maximum absolute atomic E-state index is 3.82. The Bertz CT molecular complexity index is 244. The number of hydrogen-bond donors (Lipinski definition) is 1. The van der Waals surface area contributed by atoms with Crippen molar-refractivity contribution in [3.63, 3.8) is 0 Å². The third-order valence-electron chi connectivity index (χ3n) is 4.71. The van der Waals surface area contributed by atoms with Crippen molar-refractivity contribution in [2.24, 2.45) is 0 Å². The maximum Gasteiger partial charge on any atom is 0.0198 e. The van der Waals surface area contributed by atoms with Gasteiger partial charge in [0.2, 0.25) is 0 Å². The van der Waals surface area contributed by atoms with Gasteiger partial charge in [0.15, 0.2) is 0 Å². The number of hydrogen-bond acceptors (Lipinski definition) is 3. The summed E-state index contributed by atoms with van der Waals surface area (Å²) in [6.45, 7) is 5.24. The molecule has 3 rings (SSSR count). The van der Waals surface area contributed by atoms with Gasteiger partial charge in [-0.1, -0.05) is 0 Å². The quantitative estimate of drug-likeness (QED) is 0.798. The van der Waals surface area contributed by atoms with E-state index in [0.717, 1.165) is 18.1 Å². The summed E-state index contributed by atoms with van der Waals surface area (Å²) < 4.78 is 0. The maximum atomic E-state index is 3.82. The molecule has 0 amide bonds. The molecule has 0 aromatic carbocycles. The second-order valence-electron chi connectivity index (χ2n) is 6.31. The molecule has 1 aliphatic carbocycles. The summed E-state index contributed by atoms with van der Waals surface area (Å²) in [7, 11) is 2.25. The number of piperidine rings is 2. The Morgan fingerprint density at radius 1 is 0.882 bits per heavy atom. The fraction of sp³-hybridized carbons (Fsp3) is 1.00. The molecule has 1 unspecified atom stereocenters. The smallest absolute Gasteiger partial charge is 0.0198 e. The summed E-state index contributed by atoms with van der Waals surface area (Å²) in [5.74, 6) is 0. The molecule has 3 aliphatic rings. The molecular weight excluding hydrogens is 210 g/mol. The zero-order valence-corrected chi connectivity index (χ0v) is 11.2. The van der Waals surface area contributed by atoms with Gasteiger partial charge in [-0.25, -0.2) is 0 Å². The van der Waals surface area contributed by atoms with Crippen molar-refractivity contribution in [3.8, 4) is 0 Å². The van der Waals surface area contributed by atoms with Crippen LogP contribution in [0.3, 0.4) is 0 Å². The molecule has 0 bridgehead atoms. The minimum Gasteiger partial charge on any atom is -0.310 e. The number of nitrogens with zero attached hydrogens (tertiary/aromatic N) is 2.